The average molecular weight is 742 g/mol. The maximum atomic E-state index is 6.81. The number of para-hydroxylation sites is 2. The van der Waals surface area contributed by atoms with E-state index in [4.69, 9.17) is 23.8 Å². The quantitative estimate of drug-likeness (QED) is 0.176. The van der Waals surface area contributed by atoms with Crippen molar-refractivity contribution in [3.8, 4) is 56.4 Å². The highest BCUT2D eigenvalue weighted by Gasteiger charge is 2.23. The second-order valence-electron chi connectivity index (χ2n) is 14.6. The Morgan fingerprint density at radius 2 is 0.776 bits per heavy atom. The third-order valence-electron chi connectivity index (χ3n) is 11.4. The van der Waals surface area contributed by atoms with Gasteiger partial charge in [-0.2, -0.15) is 0 Å². The van der Waals surface area contributed by atoms with Gasteiger partial charge in [-0.15, -0.1) is 0 Å². The van der Waals surface area contributed by atoms with Crippen molar-refractivity contribution in [1.82, 2.24) is 15.0 Å². The van der Waals surface area contributed by atoms with Crippen LogP contribution in [0, 0.1) is 0 Å². The van der Waals surface area contributed by atoms with E-state index in [0.717, 1.165) is 88.0 Å². The predicted octanol–water partition coefficient (Wildman–Crippen LogP) is 14.3. The minimum Gasteiger partial charge on any atom is -0.456 e. The maximum absolute atomic E-state index is 6.81. The lowest BCUT2D eigenvalue weighted by Crippen LogP contribution is -2.01. The fraction of sp³-hybridized carbons (Fsp3) is 0. The number of benzene rings is 9. The molecule has 0 bridgehead atoms. The third-order valence-corrected chi connectivity index (χ3v) is 11.4. The van der Waals surface area contributed by atoms with E-state index in [-0.39, 0.29) is 0 Å². The molecule has 12 rings (SSSR count). The first-order valence-corrected chi connectivity index (χ1v) is 19.4. The monoisotopic (exact) mass is 741 g/mol. The molecule has 0 saturated heterocycles. The minimum absolute atomic E-state index is 0.570. The van der Waals surface area contributed by atoms with Crippen LogP contribution in [0.1, 0.15) is 0 Å². The molecule has 0 aliphatic heterocycles. The van der Waals surface area contributed by atoms with Gasteiger partial charge in [-0.05, 0) is 68.6 Å². The van der Waals surface area contributed by atoms with Crippen LogP contribution in [0.15, 0.2) is 197 Å². The fourth-order valence-electron chi connectivity index (χ4n) is 8.76. The molecule has 3 heterocycles. The van der Waals surface area contributed by atoms with E-state index in [1.165, 1.54) is 16.3 Å². The van der Waals surface area contributed by atoms with Crippen LogP contribution < -0.4 is 0 Å². The van der Waals surface area contributed by atoms with Gasteiger partial charge in [0.1, 0.15) is 22.3 Å². The Morgan fingerprint density at radius 3 is 1.59 bits per heavy atom. The smallest absolute Gasteiger partial charge is 0.164 e. The standard InChI is InChI=1S/C53H31N3O2/c1-2-15-33(16-3-1)51-54-52(41-26-12-23-37-36(22-11-24-38(37)41)35-21-10-17-32-14-4-5-18-34(32)35)56-53(55-51)44-31-30-40(50-49(44)43-20-7-9-28-46(43)58-50)39-25-13-29-47-48(39)42-19-6-8-27-45(42)57-47/h1-31H. The predicted molar refractivity (Wildman–Crippen MR) is 237 cm³/mol. The fourth-order valence-corrected chi connectivity index (χ4v) is 8.76. The molecule has 0 aliphatic rings. The van der Waals surface area contributed by atoms with Crippen molar-refractivity contribution in [1.29, 1.82) is 0 Å². The van der Waals surface area contributed by atoms with Crippen LogP contribution in [0.4, 0.5) is 0 Å². The maximum Gasteiger partial charge on any atom is 0.164 e. The van der Waals surface area contributed by atoms with Crippen LogP contribution in [0.25, 0.3) is 122 Å². The zero-order valence-electron chi connectivity index (χ0n) is 31.1. The van der Waals surface area contributed by atoms with Crippen LogP contribution in [0.2, 0.25) is 0 Å². The van der Waals surface area contributed by atoms with Gasteiger partial charge in [-0.1, -0.05) is 158 Å². The van der Waals surface area contributed by atoms with E-state index in [9.17, 15) is 0 Å². The summed E-state index contributed by atoms with van der Waals surface area (Å²) in [5, 5.41) is 8.69. The van der Waals surface area contributed by atoms with Crippen LogP contribution >= 0.6 is 0 Å². The van der Waals surface area contributed by atoms with Crippen molar-refractivity contribution in [2.24, 2.45) is 0 Å². The van der Waals surface area contributed by atoms with Gasteiger partial charge in [-0.3, -0.25) is 0 Å². The van der Waals surface area contributed by atoms with Gasteiger partial charge in [0, 0.05) is 43.8 Å². The third kappa shape index (κ3) is 5.00. The molecule has 5 nitrogen and oxygen atoms in total. The van der Waals surface area contributed by atoms with Gasteiger partial charge in [-0.25, -0.2) is 15.0 Å². The van der Waals surface area contributed by atoms with Gasteiger partial charge < -0.3 is 8.83 Å². The van der Waals surface area contributed by atoms with Crippen LogP contribution in [-0.4, -0.2) is 15.0 Å². The topological polar surface area (TPSA) is 65.0 Å². The molecule has 58 heavy (non-hydrogen) atoms. The van der Waals surface area contributed by atoms with Gasteiger partial charge in [0.15, 0.2) is 17.5 Å². The Labute approximate surface area is 332 Å². The van der Waals surface area contributed by atoms with Gasteiger partial charge in [0.25, 0.3) is 0 Å². The number of furan rings is 2. The first kappa shape index (κ1) is 32.4. The summed E-state index contributed by atoms with van der Waals surface area (Å²) in [6, 6.07) is 65.0. The van der Waals surface area contributed by atoms with Crippen LogP contribution in [0.3, 0.4) is 0 Å². The molecule has 0 atom stereocenters. The lowest BCUT2D eigenvalue weighted by molar-refractivity contribution is 0.668. The Kier molecular flexibility index (Phi) is 7.16. The Hall–Kier alpha value is -7.89. The van der Waals surface area contributed by atoms with Crippen molar-refractivity contribution in [2.45, 2.75) is 0 Å². The molecule has 3 aromatic heterocycles. The van der Waals surface area contributed by atoms with Gasteiger partial charge in [0.2, 0.25) is 0 Å². The molecule has 0 radical (unpaired) electrons. The number of hydrogen-bond donors (Lipinski definition) is 0. The molecule has 0 N–H and O–H groups in total. The lowest BCUT2D eigenvalue weighted by Gasteiger charge is -2.14. The highest BCUT2D eigenvalue weighted by Crippen LogP contribution is 2.45. The van der Waals surface area contributed by atoms with Crippen molar-refractivity contribution in [3.63, 3.8) is 0 Å². The molecule has 9 aromatic carbocycles. The van der Waals surface area contributed by atoms with Crippen LogP contribution in [0.5, 0.6) is 0 Å². The van der Waals surface area contributed by atoms with Crippen LogP contribution in [-0.2, 0) is 0 Å². The first-order chi connectivity index (χ1) is 28.8. The number of fused-ring (bicyclic) bond motifs is 8. The second-order valence-corrected chi connectivity index (χ2v) is 14.6. The summed E-state index contributed by atoms with van der Waals surface area (Å²) in [4.78, 5) is 15.8. The summed E-state index contributed by atoms with van der Waals surface area (Å²) >= 11 is 0. The summed E-state index contributed by atoms with van der Waals surface area (Å²) in [6.07, 6.45) is 0. The van der Waals surface area contributed by atoms with Crippen molar-refractivity contribution < 1.29 is 8.83 Å². The molecule has 5 heteroatoms. The number of rotatable bonds is 5. The molecule has 270 valence electrons. The largest absolute Gasteiger partial charge is 0.456 e. The number of aromatic nitrogens is 3. The van der Waals surface area contributed by atoms with Gasteiger partial charge >= 0.3 is 0 Å². The second kappa shape index (κ2) is 12.8. The summed E-state index contributed by atoms with van der Waals surface area (Å²) in [6.45, 7) is 0. The molecule has 0 spiro atoms. The van der Waals surface area contributed by atoms with E-state index in [0.29, 0.717) is 17.5 Å². The average Bonchev–Trinajstić information content (AvgIpc) is 3.88. The molecule has 12 aromatic rings. The van der Waals surface area contributed by atoms with E-state index in [1.807, 2.05) is 66.7 Å². The Balaban J connectivity index is 1.11. The zero-order valence-corrected chi connectivity index (χ0v) is 31.1. The Morgan fingerprint density at radius 1 is 0.276 bits per heavy atom. The zero-order chi connectivity index (χ0) is 38.2. The number of hydrogen-bond acceptors (Lipinski definition) is 5. The molecule has 0 aliphatic carbocycles. The summed E-state index contributed by atoms with van der Waals surface area (Å²) in [5.41, 5.74) is 10.3. The van der Waals surface area contributed by atoms with E-state index in [1.54, 1.807) is 0 Å². The SMILES string of the molecule is c1ccc(-c2nc(-c3cccc4c(-c5cccc6ccccc56)cccc34)nc(-c3ccc(-c4cccc5oc6ccccc6c45)c4oc5ccccc5c34)n2)cc1. The first-order valence-electron chi connectivity index (χ1n) is 19.4. The van der Waals surface area contributed by atoms with Crippen molar-refractivity contribution >= 4 is 65.4 Å². The lowest BCUT2D eigenvalue weighted by atomic mass is 9.92. The van der Waals surface area contributed by atoms with Gasteiger partial charge in [0.05, 0.1) is 0 Å². The summed E-state index contributed by atoms with van der Waals surface area (Å²) in [7, 11) is 0. The normalized spacial score (nSPS) is 11.8. The van der Waals surface area contributed by atoms with E-state index < -0.39 is 0 Å². The molecule has 0 fully saturated rings. The van der Waals surface area contributed by atoms with E-state index in [2.05, 4.69) is 121 Å². The highest BCUT2D eigenvalue weighted by molar-refractivity contribution is 6.20. The number of nitrogens with zero attached hydrogens (tertiary/aromatic N) is 3. The minimum atomic E-state index is 0.570. The molecular formula is C53H31N3O2. The molecule has 0 amide bonds. The molecule has 0 saturated carbocycles. The van der Waals surface area contributed by atoms with Crippen molar-refractivity contribution in [3.05, 3.63) is 188 Å². The summed E-state index contributed by atoms with van der Waals surface area (Å²) in [5.74, 6) is 1.77. The Bertz CT molecular complexity index is 3580. The van der Waals surface area contributed by atoms with Crippen molar-refractivity contribution in [2.75, 3.05) is 0 Å². The molecular weight excluding hydrogens is 711 g/mol. The van der Waals surface area contributed by atoms with E-state index >= 15 is 0 Å². The summed E-state index contributed by atoms with van der Waals surface area (Å²) < 4.78 is 13.1. The molecule has 0 unspecified atom stereocenters. The highest BCUT2D eigenvalue weighted by atomic mass is 16.3.